The molecular formula is C13H24N2O3. The third-order valence-electron chi connectivity index (χ3n) is 3.63. The number of carboxylic acid groups (broad SMARTS) is 1. The first-order valence-corrected chi connectivity index (χ1v) is 6.76. The number of carbonyl (C=O) groups is 2. The topological polar surface area (TPSA) is 69.6 Å². The average molecular weight is 256 g/mol. The lowest BCUT2D eigenvalue weighted by molar-refractivity contribution is -0.137. The van der Waals surface area contributed by atoms with Gasteiger partial charge in [0.25, 0.3) is 0 Å². The van der Waals surface area contributed by atoms with E-state index in [1.807, 2.05) is 6.92 Å². The predicted molar refractivity (Wildman–Crippen MR) is 69.5 cm³/mol. The molecule has 2 amide bonds. The number of nitrogens with zero attached hydrogens (tertiary/aromatic N) is 1. The summed E-state index contributed by atoms with van der Waals surface area (Å²) in [5.41, 5.74) is -0.119. The van der Waals surface area contributed by atoms with Gasteiger partial charge in [0.2, 0.25) is 0 Å². The second-order valence-electron chi connectivity index (χ2n) is 5.27. The van der Waals surface area contributed by atoms with E-state index < -0.39 is 5.97 Å². The van der Waals surface area contributed by atoms with Gasteiger partial charge in [0.05, 0.1) is 6.42 Å². The van der Waals surface area contributed by atoms with E-state index in [9.17, 15) is 9.59 Å². The summed E-state index contributed by atoms with van der Waals surface area (Å²) in [5.74, 6) is -0.870. The van der Waals surface area contributed by atoms with Crippen LogP contribution in [0, 0.1) is 0 Å². The minimum absolute atomic E-state index is 0.00201. The van der Waals surface area contributed by atoms with Gasteiger partial charge in [-0.3, -0.25) is 4.79 Å². The molecule has 1 fully saturated rings. The van der Waals surface area contributed by atoms with Crippen molar-refractivity contribution in [2.24, 2.45) is 0 Å². The maximum atomic E-state index is 12.1. The Morgan fingerprint density at radius 2 is 1.89 bits per heavy atom. The molecule has 0 bridgehead atoms. The highest BCUT2D eigenvalue weighted by Crippen LogP contribution is 2.27. The molecule has 0 unspecified atom stereocenters. The van der Waals surface area contributed by atoms with Crippen LogP contribution < -0.4 is 5.32 Å². The zero-order valence-corrected chi connectivity index (χ0v) is 11.4. The largest absolute Gasteiger partial charge is 0.481 e. The van der Waals surface area contributed by atoms with Gasteiger partial charge < -0.3 is 15.3 Å². The Bertz CT molecular complexity index is 299. The fourth-order valence-corrected chi connectivity index (χ4v) is 2.43. The Hall–Kier alpha value is -1.26. The van der Waals surface area contributed by atoms with Gasteiger partial charge in [-0.2, -0.15) is 0 Å². The normalized spacial score (nSPS) is 18.1. The van der Waals surface area contributed by atoms with E-state index in [0.717, 1.165) is 25.7 Å². The van der Waals surface area contributed by atoms with Crippen molar-refractivity contribution in [2.45, 2.75) is 57.9 Å². The van der Waals surface area contributed by atoms with Gasteiger partial charge in [-0.05, 0) is 26.7 Å². The minimum atomic E-state index is -0.870. The van der Waals surface area contributed by atoms with Crippen LogP contribution in [0.4, 0.5) is 4.79 Å². The van der Waals surface area contributed by atoms with Crippen LogP contribution in [0.25, 0.3) is 0 Å². The number of carboxylic acids is 1. The molecule has 0 aromatic rings. The first-order chi connectivity index (χ1) is 8.47. The summed E-state index contributed by atoms with van der Waals surface area (Å²) >= 11 is 0. The van der Waals surface area contributed by atoms with Gasteiger partial charge in [-0.25, -0.2) is 4.79 Å². The fourth-order valence-electron chi connectivity index (χ4n) is 2.43. The standard InChI is InChI=1S/C13H24N2O3/c1-3-15(10-7-11(16)17)12(18)14-13(2)8-5-4-6-9-13/h3-10H2,1-2H3,(H,14,18)(H,16,17). The van der Waals surface area contributed by atoms with Gasteiger partial charge in [0.1, 0.15) is 0 Å². The number of hydrogen-bond acceptors (Lipinski definition) is 2. The van der Waals surface area contributed by atoms with E-state index in [0.29, 0.717) is 6.54 Å². The summed E-state index contributed by atoms with van der Waals surface area (Å²) < 4.78 is 0. The van der Waals surface area contributed by atoms with Crippen molar-refractivity contribution in [3.05, 3.63) is 0 Å². The lowest BCUT2D eigenvalue weighted by Gasteiger charge is -2.36. The van der Waals surface area contributed by atoms with Crippen LogP contribution in [0.3, 0.4) is 0 Å². The monoisotopic (exact) mass is 256 g/mol. The number of nitrogens with one attached hydrogen (secondary N) is 1. The van der Waals surface area contributed by atoms with E-state index in [2.05, 4.69) is 12.2 Å². The molecule has 1 aliphatic rings. The molecule has 0 aliphatic heterocycles. The van der Waals surface area contributed by atoms with Crippen molar-refractivity contribution in [3.8, 4) is 0 Å². The van der Waals surface area contributed by atoms with Crippen LogP contribution in [-0.2, 0) is 4.79 Å². The molecule has 5 heteroatoms. The lowest BCUT2D eigenvalue weighted by atomic mass is 9.83. The van der Waals surface area contributed by atoms with Crippen LogP contribution in [0.5, 0.6) is 0 Å². The number of amides is 2. The van der Waals surface area contributed by atoms with Gasteiger partial charge >= 0.3 is 12.0 Å². The SMILES string of the molecule is CCN(CCC(=O)O)C(=O)NC1(C)CCCCC1. The Morgan fingerprint density at radius 3 is 2.39 bits per heavy atom. The fraction of sp³-hybridized carbons (Fsp3) is 0.846. The smallest absolute Gasteiger partial charge is 0.317 e. The zero-order chi connectivity index (χ0) is 13.6. The molecule has 1 aliphatic carbocycles. The van der Waals surface area contributed by atoms with Gasteiger partial charge in [0.15, 0.2) is 0 Å². The molecule has 0 atom stereocenters. The molecule has 1 saturated carbocycles. The second kappa shape index (κ2) is 6.61. The first-order valence-electron chi connectivity index (χ1n) is 6.76. The lowest BCUT2D eigenvalue weighted by Crippen LogP contribution is -2.52. The quantitative estimate of drug-likeness (QED) is 0.792. The molecule has 0 saturated heterocycles. The molecular weight excluding hydrogens is 232 g/mol. The molecule has 1 rings (SSSR count). The van der Waals surface area contributed by atoms with Crippen LogP contribution in [0.15, 0.2) is 0 Å². The van der Waals surface area contributed by atoms with E-state index in [4.69, 9.17) is 5.11 Å². The van der Waals surface area contributed by atoms with E-state index in [1.165, 1.54) is 6.42 Å². The molecule has 0 spiro atoms. The molecule has 104 valence electrons. The molecule has 0 aromatic heterocycles. The maximum Gasteiger partial charge on any atom is 0.317 e. The highest BCUT2D eigenvalue weighted by molar-refractivity contribution is 5.76. The Kier molecular flexibility index (Phi) is 5.44. The Labute approximate surface area is 109 Å². The number of hydrogen-bond donors (Lipinski definition) is 2. The summed E-state index contributed by atoms with van der Waals surface area (Å²) in [6.45, 7) is 4.75. The molecule has 0 aromatic carbocycles. The van der Waals surface area contributed by atoms with Crippen LogP contribution in [0.1, 0.15) is 52.4 Å². The van der Waals surface area contributed by atoms with Crippen LogP contribution >= 0.6 is 0 Å². The highest BCUT2D eigenvalue weighted by Gasteiger charge is 2.29. The number of carbonyl (C=O) groups excluding carboxylic acids is 1. The maximum absolute atomic E-state index is 12.1. The van der Waals surface area contributed by atoms with Gasteiger partial charge in [-0.15, -0.1) is 0 Å². The van der Waals surface area contributed by atoms with E-state index >= 15 is 0 Å². The van der Waals surface area contributed by atoms with E-state index in [-0.39, 0.29) is 24.5 Å². The van der Waals surface area contributed by atoms with Crippen molar-refractivity contribution in [2.75, 3.05) is 13.1 Å². The van der Waals surface area contributed by atoms with Crippen LogP contribution in [0.2, 0.25) is 0 Å². The summed E-state index contributed by atoms with van der Waals surface area (Å²) in [6, 6.07) is -0.136. The molecule has 0 radical (unpaired) electrons. The summed E-state index contributed by atoms with van der Waals surface area (Å²) in [5, 5.41) is 11.7. The minimum Gasteiger partial charge on any atom is -0.481 e. The summed E-state index contributed by atoms with van der Waals surface area (Å²) in [6.07, 6.45) is 5.56. The average Bonchev–Trinajstić information content (AvgIpc) is 2.29. The molecule has 18 heavy (non-hydrogen) atoms. The summed E-state index contributed by atoms with van der Waals surface area (Å²) in [4.78, 5) is 24.2. The number of rotatable bonds is 5. The second-order valence-corrected chi connectivity index (χ2v) is 5.27. The van der Waals surface area contributed by atoms with Crippen LogP contribution in [-0.4, -0.2) is 40.6 Å². The summed E-state index contributed by atoms with van der Waals surface area (Å²) in [7, 11) is 0. The number of urea groups is 1. The first kappa shape index (κ1) is 14.8. The third-order valence-corrected chi connectivity index (χ3v) is 3.63. The van der Waals surface area contributed by atoms with Crippen molar-refractivity contribution >= 4 is 12.0 Å². The Morgan fingerprint density at radius 1 is 1.28 bits per heavy atom. The van der Waals surface area contributed by atoms with Crippen molar-refractivity contribution in [3.63, 3.8) is 0 Å². The Balaban J connectivity index is 2.47. The molecule has 5 nitrogen and oxygen atoms in total. The molecule has 2 N–H and O–H groups in total. The van der Waals surface area contributed by atoms with Gasteiger partial charge in [-0.1, -0.05) is 19.3 Å². The third kappa shape index (κ3) is 4.55. The van der Waals surface area contributed by atoms with Gasteiger partial charge in [0, 0.05) is 18.6 Å². The van der Waals surface area contributed by atoms with Crippen molar-refractivity contribution in [1.29, 1.82) is 0 Å². The van der Waals surface area contributed by atoms with E-state index in [1.54, 1.807) is 4.90 Å². The van der Waals surface area contributed by atoms with Crippen molar-refractivity contribution in [1.82, 2.24) is 10.2 Å². The van der Waals surface area contributed by atoms with Crippen molar-refractivity contribution < 1.29 is 14.7 Å². The predicted octanol–water partition coefficient (Wildman–Crippen LogP) is 2.22. The number of aliphatic carboxylic acids is 1. The zero-order valence-electron chi connectivity index (χ0n) is 11.4. The molecule has 0 heterocycles. The highest BCUT2D eigenvalue weighted by atomic mass is 16.4.